The molecule has 3 amide bonds. The van der Waals surface area contributed by atoms with Gasteiger partial charge in [0.15, 0.2) is 0 Å². The zero-order valence-corrected chi connectivity index (χ0v) is 21.8. The number of rotatable bonds is 10. The van der Waals surface area contributed by atoms with E-state index < -0.39 is 54.7 Å². The van der Waals surface area contributed by atoms with Crippen LogP contribution in [0.2, 0.25) is 0 Å². The minimum Gasteiger partial charge on any atom is -0.508 e. The lowest BCUT2D eigenvalue weighted by molar-refractivity contribution is -0.144. The predicted molar refractivity (Wildman–Crippen MR) is 137 cm³/mol. The molecule has 2 aromatic carbocycles. The minimum atomic E-state index is -1.37. The van der Waals surface area contributed by atoms with E-state index in [0.717, 1.165) is 17.6 Å². The number of nitrogens with one attached hydrogen (secondary N) is 2. The molecule has 0 aliphatic carbocycles. The zero-order chi connectivity index (χ0) is 28.3. The number of ether oxygens (including phenoxy) is 2. The lowest BCUT2D eigenvalue weighted by Gasteiger charge is -2.33. The second-order valence-electron chi connectivity index (χ2n) is 9.30. The van der Waals surface area contributed by atoms with Crippen LogP contribution in [-0.2, 0) is 30.3 Å². The Bertz CT molecular complexity index is 1150. The molecule has 0 aliphatic heterocycles. The molecule has 0 aromatic heterocycles. The Hall–Kier alpha value is -4.59. The summed E-state index contributed by atoms with van der Waals surface area (Å²) in [6.45, 7) is 4.04. The fourth-order valence-electron chi connectivity index (χ4n) is 3.53. The SMILES string of the molecule is COC(=O)CNC(=O)C(c1ccc(O)cc1)N(CC#N)C(=O)C(Cc1ccccc1)NC(=O)OC(C)(C)C. The molecule has 202 valence electrons. The Morgan fingerprint density at radius 3 is 2.24 bits per heavy atom. The second kappa shape index (κ2) is 13.6. The smallest absolute Gasteiger partial charge is 0.408 e. The van der Waals surface area contributed by atoms with Crippen LogP contribution in [0.5, 0.6) is 5.75 Å². The van der Waals surface area contributed by atoms with E-state index in [0.29, 0.717) is 0 Å². The monoisotopic (exact) mass is 524 g/mol. The molecular weight excluding hydrogens is 492 g/mol. The quantitative estimate of drug-likeness (QED) is 0.315. The van der Waals surface area contributed by atoms with Gasteiger partial charge in [-0.05, 0) is 44.0 Å². The molecule has 0 saturated carbocycles. The lowest BCUT2D eigenvalue weighted by Crippen LogP contribution is -2.54. The van der Waals surface area contributed by atoms with E-state index in [1.807, 2.05) is 6.07 Å². The van der Waals surface area contributed by atoms with Crippen molar-refractivity contribution >= 4 is 23.9 Å². The molecule has 0 radical (unpaired) electrons. The Balaban J connectivity index is 2.49. The highest BCUT2D eigenvalue weighted by Gasteiger charge is 2.36. The average Bonchev–Trinajstić information content (AvgIpc) is 2.86. The molecule has 0 saturated heterocycles. The largest absolute Gasteiger partial charge is 0.508 e. The van der Waals surface area contributed by atoms with Gasteiger partial charge in [-0.2, -0.15) is 5.26 Å². The van der Waals surface area contributed by atoms with Gasteiger partial charge in [-0.1, -0.05) is 42.5 Å². The molecule has 2 rings (SSSR count). The molecule has 0 heterocycles. The number of benzene rings is 2. The molecule has 2 unspecified atom stereocenters. The molecule has 2 atom stereocenters. The predicted octanol–water partition coefficient (Wildman–Crippen LogP) is 2.21. The summed E-state index contributed by atoms with van der Waals surface area (Å²) < 4.78 is 9.90. The van der Waals surface area contributed by atoms with Crippen molar-refractivity contribution in [1.82, 2.24) is 15.5 Å². The fourth-order valence-corrected chi connectivity index (χ4v) is 3.53. The van der Waals surface area contributed by atoms with Crippen molar-refractivity contribution in [1.29, 1.82) is 5.26 Å². The van der Waals surface area contributed by atoms with Gasteiger partial charge in [0.05, 0.1) is 13.2 Å². The maximum absolute atomic E-state index is 13.9. The van der Waals surface area contributed by atoms with Crippen LogP contribution >= 0.6 is 0 Å². The molecule has 0 spiro atoms. The Labute approximate surface area is 221 Å². The summed E-state index contributed by atoms with van der Waals surface area (Å²) >= 11 is 0. The van der Waals surface area contributed by atoms with Crippen LogP contribution in [0, 0.1) is 11.3 Å². The highest BCUT2D eigenvalue weighted by atomic mass is 16.6. The fraction of sp³-hybridized carbons (Fsp3) is 0.370. The van der Waals surface area contributed by atoms with Crippen LogP contribution in [-0.4, -0.2) is 65.7 Å². The second-order valence-corrected chi connectivity index (χ2v) is 9.30. The van der Waals surface area contributed by atoms with Crippen molar-refractivity contribution in [3.63, 3.8) is 0 Å². The number of carbonyl (C=O) groups is 4. The molecular formula is C27H32N4O7. The third kappa shape index (κ3) is 9.13. The van der Waals surface area contributed by atoms with E-state index in [1.54, 1.807) is 51.1 Å². The number of aromatic hydroxyl groups is 1. The van der Waals surface area contributed by atoms with Gasteiger partial charge in [0, 0.05) is 6.42 Å². The van der Waals surface area contributed by atoms with E-state index in [2.05, 4.69) is 15.4 Å². The number of hydrogen-bond donors (Lipinski definition) is 3. The first-order valence-electron chi connectivity index (χ1n) is 11.8. The van der Waals surface area contributed by atoms with Crippen molar-refractivity contribution in [2.75, 3.05) is 20.2 Å². The number of phenols is 1. The molecule has 0 aliphatic rings. The van der Waals surface area contributed by atoms with E-state index in [1.165, 1.54) is 24.3 Å². The van der Waals surface area contributed by atoms with Gasteiger partial charge in [-0.15, -0.1) is 0 Å². The number of esters is 1. The van der Waals surface area contributed by atoms with Crippen LogP contribution in [0.3, 0.4) is 0 Å². The number of nitrogens with zero attached hydrogens (tertiary/aromatic N) is 2. The first-order chi connectivity index (χ1) is 17.9. The van der Waals surface area contributed by atoms with Crippen LogP contribution in [0.15, 0.2) is 54.6 Å². The van der Waals surface area contributed by atoms with Crippen LogP contribution in [0.25, 0.3) is 0 Å². The van der Waals surface area contributed by atoms with Gasteiger partial charge in [-0.25, -0.2) is 4.79 Å². The van der Waals surface area contributed by atoms with Gasteiger partial charge < -0.3 is 30.1 Å². The standard InChI is InChI=1S/C27H32N4O7/c1-27(2,3)38-26(36)30-21(16-18-8-6-5-7-9-18)25(35)31(15-14-28)23(19-10-12-20(32)13-11-19)24(34)29-17-22(33)37-4/h5-13,21,23,32H,15-17H2,1-4H3,(H,29,34)(H,30,36). The van der Waals surface area contributed by atoms with Crippen LogP contribution < -0.4 is 10.6 Å². The number of amides is 3. The van der Waals surface area contributed by atoms with Gasteiger partial charge in [0.2, 0.25) is 11.8 Å². The Kier molecular flexibility index (Phi) is 10.6. The summed E-state index contributed by atoms with van der Waals surface area (Å²) in [6.07, 6.45) is -0.799. The van der Waals surface area contributed by atoms with Crippen molar-refractivity contribution in [3.05, 3.63) is 65.7 Å². The molecule has 3 N–H and O–H groups in total. The third-order valence-electron chi connectivity index (χ3n) is 5.20. The third-order valence-corrected chi connectivity index (χ3v) is 5.20. The average molecular weight is 525 g/mol. The number of methoxy groups -OCH3 is 1. The van der Waals surface area contributed by atoms with Crippen molar-refractivity contribution in [3.8, 4) is 11.8 Å². The van der Waals surface area contributed by atoms with Crippen LogP contribution in [0.1, 0.15) is 37.9 Å². The topological polar surface area (TPSA) is 158 Å². The molecule has 38 heavy (non-hydrogen) atoms. The lowest BCUT2D eigenvalue weighted by atomic mass is 10.00. The first kappa shape index (κ1) is 29.6. The molecule has 11 nitrogen and oxygen atoms in total. The van der Waals surface area contributed by atoms with Crippen molar-refractivity contribution in [2.45, 2.75) is 44.9 Å². The zero-order valence-electron chi connectivity index (χ0n) is 21.8. The summed E-state index contributed by atoms with van der Waals surface area (Å²) in [4.78, 5) is 52.4. The maximum atomic E-state index is 13.9. The number of hydrogen-bond acceptors (Lipinski definition) is 8. The number of carbonyl (C=O) groups excluding carboxylic acids is 4. The summed E-state index contributed by atoms with van der Waals surface area (Å²) in [5.74, 6) is -2.28. The van der Waals surface area contributed by atoms with E-state index in [9.17, 15) is 29.5 Å². The maximum Gasteiger partial charge on any atom is 0.408 e. The van der Waals surface area contributed by atoms with E-state index >= 15 is 0 Å². The molecule has 11 heteroatoms. The Morgan fingerprint density at radius 2 is 1.68 bits per heavy atom. The van der Waals surface area contributed by atoms with Gasteiger partial charge in [0.25, 0.3) is 0 Å². The van der Waals surface area contributed by atoms with E-state index in [-0.39, 0.29) is 17.7 Å². The highest BCUT2D eigenvalue weighted by Crippen LogP contribution is 2.25. The summed E-state index contributed by atoms with van der Waals surface area (Å²) in [6, 6.07) is 13.7. The number of alkyl carbamates (subject to hydrolysis) is 1. The van der Waals surface area contributed by atoms with Crippen molar-refractivity contribution in [2.24, 2.45) is 0 Å². The van der Waals surface area contributed by atoms with Crippen molar-refractivity contribution < 1.29 is 33.8 Å². The van der Waals surface area contributed by atoms with Crippen LogP contribution in [0.4, 0.5) is 4.79 Å². The number of nitriles is 1. The normalized spacial score (nSPS) is 12.3. The van der Waals surface area contributed by atoms with Gasteiger partial charge in [-0.3, -0.25) is 14.4 Å². The minimum absolute atomic E-state index is 0.0485. The first-order valence-corrected chi connectivity index (χ1v) is 11.8. The highest BCUT2D eigenvalue weighted by molar-refractivity contribution is 5.93. The molecule has 2 aromatic rings. The summed E-state index contributed by atoms with van der Waals surface area (Å²) in [7, 11) is 1.16. The van der Waals surface area contributed by atoms with Gasteiger partial charge in [0.1, 0.15) is 36.5 Å². The number of phenolic OH excluding ortho intramolecular Hbond substituents is 1. The van der Waals surface area contributed by atoms with E-state index in [4.69, 9.17) is 4.74 Å². The molecule has 0 bridgehead atoms. The molecule has 0 fully saturated rings. The Morgan fingerprint density at radius 1 is 1.05 bits per heavy atom. The summed E-state index contributed by atoms with van der Waals surface area (Å²) in [5, 5.41) is 24.3. The van der Waals surface area contributed by atoms with Gasteiger partial charge >= 0.3 is 12.1 Å². The summed E-state index contributed by atoms with van der Waals surface area (Å²) in [5.41, 5.74) is 0.152.